The van der Waals surface area contributed by atoms with Gasteiger partial charge in [0.05, 0.1) is 0 Å². The Morgan fingerprint density at radius 2 is 1.96 bits per heavy atom. The monoisotopic (exact) mass is 359 g/mol. The quantitative estimate of drug-likeness (QED) is 0.635. The highest BCUT2D eigenvalue weighted by molar-refractivity contribution is 6.08. The number of nitrogens with zero attached hydrogens (tertiary/aromatic N) is 2. The van der Waals surface area contributed by atoms with E-state index in [-0.39, 0.29) is 5.91 Å². The molecule has 1 N–H and O–H groups in total. The van der Waals surface area contributed by atoms with Crippen LogP contribution in [-0.4, -0.2) is 53.4 Å². The Morgan fingerprint density at radius 1 is 1.27 bits per heavy atom. The highest BCUT2D eigenvalue weighted by Crippen LogP contribution is 2.28. The van der Waals surface area contributed by atoms with E-state index in [1.54, 1.807) is 18.7 Å². The molecule has 8 heteroatoms. The van der Waals surface area contributed by atoms with Gasteiger partial charge >= 0.3 is 12.0 Å². The number of nitrogens with one attached hydrogen (secondary N) is 1. The number of hydrogen-bond acceptors (Lipinski definition) is 5. The van der Waals surface area contributed by atoms with Gasteiger partial charge in [-0.15, -0.1) is 0 Å². The molecule has 1 unspecified atom stereocenters. The van der Waals surface area contributed by atoms with Gasteiger partial charge in [-0.2, -0.15) is 0 Å². The molecule has 1 aromatic carbocycles. The number of carbonyl (C=O) groups is 4. The highest BCUT2D eigenvalue weighted by atomic mass is 16.5. The SMILES string of the molecule is CC(OC(=O)CN1C(=O)NC(C)(C)C1=O)C(=O)N1CCc2ccccc21. The van der Waals surface area contributed by atoms with Gasteiger partial charge in [0, 0.05) is 12.2 Å². The van der Waals surface area contributed by atoms with Gasteiger partial charge in [0.2, 0.25) is 0 Å². The predicted molar refractivity (Wildman–Crippen MR) is 92.4 cm³/mol. The summed E-state index contributed by atoms with van der Waals surface area (Å²) in [6.45, 7) is 4.59. The Kier molecular flexibility index (Phi) is 4.43. The van der Waals surface area contributed by atoms with Crippen molar-refractivity contribution in [1.82, 2.24) is 10.2 Å². The van der Waals surface area contributed by atoms with Crippen molar-refractivity contribution in [1.29, 1.82) is 0 Å². The van der Waals surface area contributed by atoms with Crippen molar-refractivity contribution in [2.24, 2.45) is 0 Å². The van der Waals surface area contributed by atoms with Crippen LogP contribution in [0.1, 0.15) is 26.3 Å². The Labute approximate surface area is 151 Å². The number of benzene rings is 1. The van der Waals surface area contributed by atoms with E-state index in [9.17, 15) is 19.2 Å². The summed E-state index contributed by atoms with van der Waals surface area (Å²) in [6, 6.07) is 6.92. The summed E-state index contributed by atoms with van der Waals surface area (Å²) in [4.78, 5) is 51.0. The lowest BCUT2D eigenvalue weighted by atomic mass is 10.1. The predicted octanol–water partition coefficient (Wildman–Crippen LogP) is 0.838. The van der Waals surface area contributed by atoms with Crippen LogP contribution in [-0.2, 0) is 25.5 Å². The van der Waals surface area contributed by atoms with Crippen molar-refractivity contribution in [3.05, 3.63) is 29.8 Å². The van der Waals surface area contributed by atoms with Crippen molar-refractivity contribution in [3.8, 4) is 0 Å². The van der Waals surface area contributed by atoms with Crippen LogP contribution >= 0.6 is 0 Å². The summed E-state index contributed by atoms with van der Waals surface area (Å²) < 4.78 is 5.16. The number of para-hydroxylation sites is 1. The lowest BCUT2D eigenvalue weighted by Crippen LogP contribution is -2.43. The normalized spacial score (nSPS) is 19.2. The van der Waals surface area contributed by atoms with Crippen LogP contribution in [0.15, 0.2) is 24.3 Å². The van der Waals surface area contributed by atoms with E-state index in [2.05, 4.69) is 5.32 Å². The molecule has 0 spiro atoms. The largest absolute Gasteiger partial charge is 0.451 e. The number of imide groups is 1. The first-order chi connectivity index (χ1) is 12.2. The number of amides is 4. The molecule has 138 valence electrons. The van der Waals surface area contributed by atoms with Gasteiger partial charge in [0.15, 0.2) is 6.10 Å². The van der Waals surface area contributed by atoms with Crippen LogP contribution in [0.2, 0.25) is 0 Å². The molecule has 2 heterocycles. The molecule has 1 aromatic rings. The molecule has 4 amide bonds. The van der Waals surface area contributed by atoms with Gasteiger partial charge < -0.3 is 15.0 Å². The van der Waals surface area contributed by atoms with Gasteiger partial charge in [0.25, 0.3) is 11.8 Å². The summed E-state index contributed by atoms with van der Waals surface area (Å²) in [5.74, 6) is -1.65. The fourth-order valence-corrected chi connectivity index (χ4v) is 3.16. The number of fused-ring (bicyclic) bond motifs is 1. The second-order valence-corrected chi connectivity index (χ2v) is 6.95. The molecule has 2 aliphatic heterocycles. The Bertz CT molecular complexity index is 789. The van der Waals surface area contributed by atoms with Crippen LogP contribution in [0, 0.1) is 0 Å². The molecule has 3 rings (SSSR count). The summed E-state index contributed by atoms with van der Waals surface area (Å²) in [7, 11) is 0. The van der Waals surface area contributed by atoms with E-state index in [0.717, 1.165) is 22.6 Å². The van der Waals surface area contributed by atoms with Crippen molar-refractivity contribution >= 4 is 29.5 Å². The minimum Gasteiger partial charge on any atom is -0.451 e. The molecular formula is C18H21N3O5. The first-order valence-corrected chi connectivity index (χ1v) is 8.43. The van der Waals surface area contributed by atoms with E-state index in [0.29, 0.717) is 6.54 Å². The smallest absolute Gasteiger partial charge is 0.327 e. The van der Waals surface area contributed by atoms with Crippen LogP contribution < -0.4 is 10.2 Å². The van der Waals surface area contributed by atoms with Crippen LogP contribution in [0.3, 0.4) is 0 Å². The average Bonchev–Trinajstić information content (AvgIpc) is 3.08. The minimum atomic E-state index is -1.06. The van der Waals surface area contributed by atoms with E-state index in [4.69, 9.17) is 4.74 Å². The molecule has 26 heavy (non-hydrogen) atoms. The van der Waals surface area contributed by atoms with Crippen LogP contribution in [0.5, 0.6) is 0 Å². The molecule has 0 radical (unpaired) electrons. The number of hydrogen-bond donors (Lipinski definition) is 1. The third kappa shape index (κ3) is 3.14. The summed E-state index contributed by atoms with van der Waals surface area (Å²) in [6.07, 6.45) is -0.262. The molecule has 0 bridgehead atoms. The zero-order chi connectivity index (χ0) is 19.1. The fourth-order valence-electron chi connectivity index (χ4n) is 3.16. The fraction of sp³-hybridized carbons (Fsp3) is 0.444. The average molecular weight is 359 g/mol. The van der Waals surface area contributed by atoms with Crippen molar-refractivity contribution in [2.75, 3.05) is 18.0 Å². The van der Waals surface area contributed by atoms with E-state index in [1.165, 1.54) is 6.92 Å². The number of carbonyl (C=O) groups excluding carboxylic acids is 4. The Morgan fingerprint density at radius 3 is 2.62 bits per heavy atom. The number of urea groups is 1. The molecule has 0 saturated carbocycles. The van der Waals surface area contributed by atoms with Crippen LogP contribution in [0.25, 0.3) is 0 Å². The van der Waals surface area contributed by atoms with Crippen molar-refractivity contribution in [2.45, 2.75) is 38.8 Å². The molecule has 1 fully saturated rings. The summed E-state index contributed by atoms with van der Waals surface area (Å²) in [5.41, 5.74) is 0.829. The van der Waals surface area contributed by atoms with Gasteiger partial charge in [-0.05, 0) is 38.8 Å². The summed E-state index contributed by atoms with van der Waals surface area (Å²) in [5, 5.41) is 2.48. The number of anilines is 1. The lowest BCUT2D eigenvalue weighted by molar-refractivity contribution is -0.155. The zero-order valence-corrected chi connectivity index (χ0v) is 14.9. The maximum Gasteiger partial charge on any atom is 0.327 e. The third-order valence-corrected chi connectivity index (χ3v) is 4.54. The summed E-state index contributed by atoms with van der Waals surface area (Å²) >= 11 is 0. The second-order valence-electron chi connectivity index (χ2n) is 6.95. The number of ether oxygens (including phenoxy) is 1. The van der Waals surface area contributed by atoms with Crippen molar-refractivity contribution in [3.63, 3.8) is 0 Å². The highest BCUT2D eigenvalue weighted by Gasteiger charge is 2.45. The molecular weight excluding hydrogens is 338 g/mol. The minimum absolute atomic E-state index is 0.333. The second kappa shape index (κ2) is 6.44. The lowest BCUT2D eigenvalue weighted by Gasteiger charge is -2.22. The molecule has 0 aliphatic carbocycles. The van der Waals surface area contributed by atoms with E-state index in [1.807, 2.05) is 24.3 Å². The van der Waals surface area contributed by atoms with Gasteiger partial charge in [-0.25, -0.2) is 4.79 Å². The first-order valence-electron chi connectivity index (χ1n) is 8.43. The first kappa shape index (κ1) is 17.9. The standard InChI is InChI=1S/C18H21N3O5/c1-11(15(23)20-9-8-12-6-4-5-7-13(12)20)26-14(22)10-21-16(24)18(2,3)19-17(21)25/h4-7,11H,8-10H2,1-3H3,(H,19,25). The van der Waals surface area contributed by atoms with Gasteiger partial charge in [0.1, 0.15) is 12.1 Å². The molecule has 2 aliphatic rings. The molecule has 0 aromatic heterocycles. The molecule has 8 nitrogen and oxygen atoms in total. The third-order valence-electron chi connectivity index (χ3n) is 4.54. The Balaban J connectivity index is 1.61. The Hall–Kier alpha value is -2.90. The maximum atomic E-state index is 12.6. The molecule has 1 saturated heterocycles. The number of rotatable bonds is 4. The van der Waals surface area contributed by atoms with E-state index < -0.39 is 36.1 Å². The topological polar surface area (TPSA) is 96.0 Å². The maximum absolute atomic E-state index is 12.6. The van der Waals surface area contributed by atoms with Gasteiger partial charge in [-0.3, -0.25) is 19.3 Å². The van der Waals surface area contributed by atoms with Crippen molar-refractivity contribution < 1.29 is 23.9 Å². The number of esters is 1. The van der Waals surface area contributed by atoms with E-state index >= 15 is 0 Å². The van der Waals surface area contributed by atoms with Gasteiger partial charge in [-0.1, -0.05) is 18.2 Å². The van der Waals surface area contributed by atoms with Crippen LogP contribution in [0.4, 0.5) is 10.5 Å². The molecule has 1 atom stereocenters. The zero-order valence-electron chi connectivity index (χ0n) is 14.9.